The number of hydrogen-bond donors (Lipinski definition) is 0. The largest absolute Gasteiger partial charge is 0.456 e. The van der Waals surface area contributed by atoms with Gasteiger partial charge in [-0.15, -0.1) is 0 Å². The molecule has 0 aromatic heterocycles. The Morgan fingerprint density at radius 3 is 2.24 bits per heavy atom. The second kappa shape index (κ2) is 4.97. The number of ether oxygens (including phenoxy) is 1. The maximum Gasteiger partial charge on any atom is 0.320 e. The molecule has 0 N–H and O–H groups in total. The van der Waals surface area contributed by atoms with Gasteiger partial charge in [0.25, 0.3) is 0 Å². The van der Waals surface area contributed by atoms with E-state index < -0.39 is 16.9 Å². The lowest BCUT2D eigenvalue weighted by atomic mass is 9.60. The van der Waals surface area contributed by atoms with Crippen LogP contribution in [0.15, 0.2) is 30.3 Å². The molecule has 2 aliphatic rings. The SMILES string of the molecule is CC1(C)C(=O)C2(CCCCC2)C(=O)OC1c1ccccc1. The molecule has 1 atom stereocenters. The summed E-state index contributed by atoms with van der Waals surface area (Å²) < 4.78 is 5.79. The molecular formula is C18H22O3. The van der Waals surface area contributed by atoms with Gasteiger partial charge in [0.2, 0.25) is 0 Å². The minimum atomic E-state index is -0.882. The molecule has 3 rings (SSSR count). The first-order chi connectivity index (χ1) is 9.98. The molecule has 21 heavy (non-hydrogen) atoms. The lowest BCUT2D eigenvalue weighted by Gasteiger charge is -2.47. The summed E-state index contributed by atoms with van der Waals surface area (Å²) in [6.45, 7) is 3.82. The van der Waals surface area contributed by atoms with Gasteiger partial charge < -0.3 is 4.74 Å². The third-order valence-corrected chi connectivity index (χ3v) is 5.10. The molecule has 1 unspecified atom stereocenters. The summed E-state index contributed by atoms with van der Waals surface area (Å²) in [6.07, 6.45) is 3.79. The van der Waals surface area contributed by atoms with E-state index in [0.717, 1.165) is 24.8 Å². The van der Waals surface area contributed by atoms with Crippen LogP contribution in [0.1, 0.15) is 57.6 Å². The van der Waals surface area contributed by atoms with Crippen molar-refractivity contribution in [3.05, 3.63) is 35.9 Å². The van der Waals surface area contributed by atoms with E-state index >= 15 is 0 Å². The van der Waals surface area contributed by atoms with Crippen molar-refractivity contribution in [2.75, 3.05) is 0 Å². The van der Waals surface area contributed by atoms with Crippen molar-refractivity contribution in [3.8, 4) is 0 Å². The summed E-state index contributed by atoms with van der Waals surface area (Å²) in [7, 11) is 0. The number of cyclic esters (lactones) is 1. The average molecular weight is 286 g/mol. The van der Waals surface area contributed by atoms with E-state index in [9.17, 15) is 9.59 Å². The highest BCUT2D eigenvalue weighted by molar-refractivity contribution is 6.08. The van der Waals surface area contributed by atoms with E-state index in [-0.39, 0.29) is 11.8 Å². The van der Waals surface area contributed by atoms with Gasteiger partial charge in [-0.3, -0.25) is 9.59 Å². The van der Waals surface area contributed by atoms with E-state index in [1.807, 2.05) is 44.2 Å². The third kappa shape index (κ3) is 2.10. The van der Waals surface area contributed by atoms with Gasteiger partial charge in [0, 0.05) is 0 Å². The van der Waals surface area contributed by atoms with E-state index in [2.05, 4.69) is 0 Å². The predicted octanol–water partition coefficient (Wildman–Crippen LogP) is 3.83. The van der Waals surface area contributed by atoms with Crippen LogP contribution in [0.5, 0.6) is 0 Å². The molecule has 0 amide bonds. The smallest absolute Gasteiger partial charge is 0.320 e. The molecule has 1 aromatic rings. The van der Waals surface area contributed by atoms with Crippen LogP contribution in [0.4, 0.5) is 0 Å². The Morgan fingerprint density at radius 2 is 1.62 bits per heavy atom. The van der Waals surface area contributed by atoms with Crippen molar-refractivity contribution >= 4 is 11.8 Å². The number of ketones is 1. The van der Waals surface area contributed by atoms with Crippen LogP contribution >= 0.6 is 0 Å². The summed E-state index contributed by atoms with van der Waals surface area (Å²) >= 11 is 0. The molecule has 1 aromatic carbocycles. The summed E-state index contributed by atoms with van der Waals surface area (Å²) in [5, 5.41) is 0. The number of rotatable bonds is 1. The fourth-order valence-electron chi connectivity index (χ4n) is 3.89. The minimum Gasteiger partial charge on any atom is -0.456 e. The molecule has 2 fully saturated rings. The molecule has 1 spiro atoms. The predicted molar refractivity (Wildman–Crippen MR) is 79.6 cm³/mol. The third-order valence-electron chi connectivity index (χ3n) is 5.10. The number of esters is 1. The van der Waals surface area contributed by atoms with E-state index in [0.29, 0.717) is 12.8 Å². The van der Waals surface area contributed by atoms with Gasteiger partial charge in [-0.25, -0.2) is 0 Å². The zero-order valence-electron chi connectivity index (χ0n) is 12.7. The second-order valence-electron chi connectivity index (χ2n) is 6.89. The molecule has 1 saturated carbocycles. The highest BCUT2D eigenvalue weighted by atomic mass is 16.5. The highest BCUT2D eigenvalue weighted by Crippen LogP contribution is 2.52. The summed E-state index contributed by atoms with van der Waals surface area (Å²) in [6, 6.07) is 9.59. The summed E-state index contributed by atoms with van der Waals surface area (Å²) in [5.41, 5.74) is -0.658. The van der Waals surface area contributed by atoms with Crippen LogP contribution in [0.3, 0.4) is 0 Å². The molecule has 1 aliphatic heterocycles. The van der Waals surface area contributed by atoms with Gasteiger partial charge in [0.05, 0.1) is 5.41 Å². The van der Waals surface area contributed by atoms with Crippen molar-refractivity contribution in [1.82, 2.24) is 0 Å². The number of Topliss-reactive ketones (excluding diaryl/α,β-unsaturated/α-hetero) is 1. The van der Waals surface area contributed by atoms with Crippen molar-refractivity contribution < 1.29 is 14.3 Å². The quantitative estimate of drug-likeness (QED) is 0.582. The Labute approximate surface area is 125 Å². The lowest BCUT2D eigenvalue weighted by Crippen LogP contribution is -2.55. The lowest BCUT2D eigenvalue weighted by molar-refractivity contribution is -0.192. The molecule has 1 heterocycles. The van der Waals surface area contributed by atoms with Crippen LogP contribution in [-0.2, 0) is 14.3 Å². The van der Waals surface area contributed by atoms with Gasteiger partial charge in [-0.2, -0.15) is 0 Å². The second-order valence-corrected chi connectivity index (χ2v) is 6.89. The van der Waals surface area contributed by atoms with Gasteiger partial charge in [-0.05, 0) is 32.3 Å². The van der Waals surface area contributed by atoms with E-state index in [1.54, 1.807) is 0 Å². The van der Waals surface area contributed by atoms with Gasteiger partial charge in [0.1, 0.15) is 11.5 Å². The molecule has 1 saturated heterocycles. The fraction of sp³-hybridized carbons (Fsp3) is 0.556. The van der Waals surface area contributed by atoms with Crippen LogP contribution < -0.4 is 0 Å². The Morgan fingerprint density at radius 1 is 1.00 bits per heavy atom. The number of carbonyl (C=O) groups is 2. The Bertz CT molecular complexity index is 553. The standard InChI is InChI=1S/C18H22O3/c1-17(2)14(13-9-5-3-6-10-13)21-16(20)18(15(17)19)11-7-4-8-12-18/h3,5-6,9-10,14H,4,7-8,11-12H2,1-2H3. The molecule has 112 valence electrons. The van der Waals surface area contributed by atoms with Gasteiger partial charge >= 0.3 is 5.97 Å². The maximum atomic E-state index is 13.1. The molecular weight excluding hydrogens is 264 g/mol. The first-order valence-corrected chi connectivity index (χ1v) is 7.79. The number of benzene rings is 1. The van der Waals surface area contributed by atoms with Crippen molar-refractivity contribution in [2.24, 2.45) is 10.8 Å². The molecule has 3 nitrogen and oxygen atoms in total. The summed E-state index contributed by atoms with van der Waals surface area (Å²) in [4.78, 5) is 25.7. The van der Waals surface area contributed by atoms with Crippen LogP contribution in [-0.4, -0.2) is 11.8 Å². The first-order valence-electron chi connectivity index (χ1n) is 7.79. The van der Waals surface area contributed by atoms with Crippen molar-refractivity contribution in [1.29, 1.82) is 0 Å². The number of hydrogen-bond acceptors (Lipinski definition) is 3. The Hall–Kier alpha value is -1.64. The molecule has 0 bridgehead atoms. The van der Waals surface area contributed by atoms with Crippen LogP contribution in [0.25, 0.3) is 0 Å². The first kappa shape index (κ1) is 14.3. The molecule has 1 aliphatic carbocycles. The maximum absolute atomic E-state index is 13.1. The van der Waals surface area contributed by atoms with E-state index in [4.69, 9.17) is 4.74 Å². The topological polar surface area (TPSA) is 43.4 Å². The van der Waals surface area contributed by atoms with Crippen molar-refractivity contribution in [3.63, 3.8) is 0 Å². The highest BCUT2D eigenvalue weighted by Gasteiger charge is 2.60. The zero-order chi connectivity index (χ0) is 15.1. The van der Waals surface area contributed by atoms with Crippen LogP contribution in [0, 0.1) is 10.8 Å². The number of carbonyl (C=O) groups excluding carboxylic acids is 2. The summed E-state index contributed by atoms with van der Waals surface area (Å²) in [5.74, 6) is -0.236. The minimum absolute atomic E-state index is 0.0693. The normalized spacial score (nSPS) is 27.4. The fourth-order valence-corrected chi connectivity index (χ4v) is 3.89. The zero-order valence-corrected chi connectivity index (χ0v) is 12.7. The van der Waals surface area contributed by atoms with Crippen molar-refractivity contribution in [2.45, 2.75) is 52.1 Å². The van der Waals surface area contributed by atoms with E-state index in [1.165, 1.54) is 0 Å². The van der Waals surface area contributed by atoms with Crippen LogP contribution in [0.2, 0.25) is 0 Å². The molecule has 0 radical (unpaired) electrons. The van der Waals surface area contributed by atoms with Gasteiger partial charge in [-0.1, -0.05) is 49.6 Å². The Kier molecular flexibility index (Phi) is 3.39. The Balaban J connectivity index is 1.99. The van der Waals surface area contributed by atoms with Gasteiger partial charge in [0.15, 0.2) is 5.78 Å². The average Bonchev–Trinajstić information content (AvgIpc) is 2.51. The molecule has 3 heteroatoms. The monoisotopic (exact) mass is 286 g/mol.